The van der Waals surface area contributed by atoms with E-state index in [4.69, 9.17) is 16.3 Å². The number of hydrogen-bond donors (Lipinski definition) is 1. The number of para-hydroxylation sites is 1. The summed E-state index contributed by atoms with van der Waals surface area (Å²) in [6, 6.07) is 17.0. The van der Waals surface area contributed by atoms with Crippen molar-refractivity contribution in [3.63, 3.8) is 0 Å². The molecule has 0 fully saturated rings. The number of nitrogens with zero attached hydrogens (tertiary/aromatic N) is 2. The van der Waals surface area contributed by atoms with Crippen LogP contribution in [-0.4, -0.2) is 22.7 Å². The van der Waals surface area contributed by atoms with E-state index in [1.165, 1.54) is 11.3 Å². The molecule has 3 aromatic rings. The molecule has 0 aliphatic rings. The molecule has 0 unspecified atom stereocenters. The van der Waals surface area contributed by atoms with Crippen LogP contribution in [0.25, 0.3) is 0 Å². The summed E-state index contributed by atoms with van der Waals surface area (Å²) in [5, 5.41) is 12.5. The van der Waals surface area contributed by atoms with Gasteiger partial charge in [-0.3, -0.25) is 10.1 Å². The van der Waals surface area contributed by atoms with Gasteiger partial charge in [-0.05, 0) is 17.7 Å². The van der Waals surface area contributed by atoms with Gasteiger partial charge in [-0.25, -0.2) is 0 Å². The first-order valence-corrected chi connectivity index (χ1v) is 8.43. The Hall–Kier alpha value is -2.44. The summed E-state index contributed by atoms with van der Waals surface area (Å²) in [7, 11) is 0. The lowest BCUT2D eigenvalue weighted by Crippen LogP contribution is -2.20. The Morgan fingerprint density at radius 3 is 2.62 bits per heavy atom. The minimum Gasteiger partial charge on any atom is -0.482 e. The van der Waals surface area contributed by atoms with Crippen molar-refractivity contribution < 1.29 is 9.53 Å². The van der Waals surface area contributed by atoms with Crippen LogP contribution in [0, 0.1) is 0 Å². The fourth-order valence-electron chi connectivity index (χ4n) is 2.01. The van der Waals surface area contributed by atoms with E-state index in [9.17, 15) is 4.79 Å². The van der Waals surface area contributed by atoms with Gasteiger partial charge in [0.05, 0.1) is 5.02 Å². The second-order valence-corrected chi connectivity index (χ2v) is 6.40. The van der Waals surface area contributed by atoms with Gasteiger partial charge in [0, 0.05) is 6.42 Å². The quantitative estimate of drug-likeness (QED) is 0.727. The van der Waals surface area contributed by atoms with Crippen molar-refractivity contribution >= 4 is 34.0 Å². The number of anilines is 1. The molecule has 5 nitrogen and oxygen atoms in total. The highest BCUT2D eigenvalue weighted by Gasteiger charge is 2.10. The third-order valence-corrected chi connectivity index (χ3v) is 4.26. The molecule has 0 spiro atoms. The topological polar surface area (TPSA) is 64.1 Å². The van der Waals surface area contributed by atoms with Crippen molar-refractivity contribution in [1.29, 1.82) is 0 Å². The first kappa shape index (κ1) is 16.4. The highest BCUT2D eigenvalue weighted by molar-refractivity contribution is 7.15. The number of carbonyl (C=O) groups excluding carboxylic acids is 1. The Balaban J connectivity index is 1.53. The summed E-state index contributed by atoms with van der Waals surface area (Å²) in [4.78, 5) is 11.9. The zero-order chi connectivity index (χ0) is 16.8. The van der Waals surface area contributed by atoms with Crippen LogP contribution in [0.4, 0.5) is 5.13 Å². The maximum Gasteiger partial charge on any atom is 0.264 e. The number of benzene rings is 2. The van der Waals surface area contributed by atoms with Crippen LogP contribution in [0.2, 0.25) is 5.02 Å². The number of amides is 1. The number of hydrogen-bond acceptors (Lipinski definition) is 5. The van der Waals surface area contributed by atoms with Gasteiger partial charge in [-0.15, -0.1) is 10.2 Å². The normalized spacial score (nSPS) is 10.4. The molecular formula is C17H14ClN3O2S. The summed E-state index contributed by atoms with van der Waals surface area (Å²) in [6.45, 7) is -0.142. The second kappa shape index (κ2) is 7.90. The molecule has 1 heterocycles. The Kier molecular flexibility index (Phi) is 5.40. The highest BCUT2D eigenvalue weighted by Crippen LogP contribution is 2.23. The van der Waals surface area contributed by atoms with Crippen molar-refractivity contribution in [2.24, 2.45) is 0 Å². The van der Waals surface area contributed by atoms with E-state index in [1.807, 2.05) is 30.3 Å². The molecule has 7 heteroatoms. The van der Waals surface area contributed by atoms with E-state index >= 15 is 0 Å². The third kappa shape index (κ3) is 4.53. The van der Waals surface area contributed by atoms with E-state index in [2.05, 4.69) is 15.5 Å². The smallest absolute Gasteiger partial charge is 0.264 e. The van der Waals surface area contributed by atoms with E-state index in [-0.39, 0.29) is 12.5 Å². The maximum atomic E-state index is 11.9. The van der Waals surface area contributed by atoms with Gasteiger partial charge in [0.25, 0.3) is 5.91 Å². The lowest BCUT2D eigenvalue weighted by molar-refractivity contribution is -0.118. The molecule has 1 aromatic heterocycles. The van der Waals surface area contributed by atoms with Gasteiger partial charge in [0.2, 0.25) is 5.13 Å². The number of carbonyl (C=O) groups is 1. The van der Waals surface area contributed by atoms with E-state index in [0.29, 0.717) is 22.3 Å². The Bertz CT molecular complexity index is 823. The highest BCUT2D eigenvalue weighted by atomic mass is 35.5. The van der Waals surface area contributed by atoms with Crippen LogP contribution in [0.5, 0.6) is 5.75 Å². The first-order valence-electron chi connectivity index (χ1n) is 7.24. The molecule has 0 aliphatic heterocycles. The molecule has 2 aromatic carbocycles. The van der Waals surface area contributed by atoms with Gasteiger partial charge in [0.15, 0.2) is 6.61 Å². The molecule has 0 saturated heterocycles. The first-order chi connectivity index (χ1) is 11.7. The molecule has 0 bridgehead atoms. The predicted molar refractivity (Wildman–Crippen MR) is 94.7 cm³/mol. The van der Waals surface area contributed by atoms with Crippen molar-refractivity contribution in [2.45, 2.75) is 6.42 Å². The van der Waals surface area contributed by atoms with E-state index in [1.54, 1.807) is 24.3 Å². The van der Waals surface area contributed by atoms with Gasteiger partial charge < -0.3 is 4.74 Å². The third-order valence-electron chi connectivity index (χ3n) is 3.11. The van der Waals surface area contributed by atoms with Gasteiger partial charge in [-0.1, -0.05) is 65.4 Å². The van der Waals surface area contributed by atoms with Crippen molar-refractivity contribution in [3.05, 3.63) is 70.2 Å². The Morgan fingerprint density at radius 1 is 1.08 bits per heavy atom. The summed E-state index contributed by atoms with van der Waals surface area (Å²) in [6.07, 6.45) is 0.685. The van der Waals surface area contributed by atoms with Crippen LogP contribution < -0.4 is 10.1 Å². The Labute approximate surface area is 148 Å². The summed E-state index contributed by atoms with van der Waals surface area (Å²) in [5.41, 5.74) is 1.15. The molecule has 0 atom stereocenters. The average molecular weight is 360 g/mol. The van der Waals surface area contributed by atoms with Crippen molar-refractivity contribution in [2.75, 3.05) is 11.9 Å². The fraction of sp³-hybridized carbons (Fsp3) is 0.118. The lowest BCUT2D eigenvalue weighted by atomic mass is 10.2. The average Bonchev–Trinajstić information content (AvgIpc) is 3.02. The number of halogens is 1. The molecule has 1 N–H and O–H groups in total. The molecule has 1 amide bonds. The fourth-order valence-corrected chi connectivity index (χ4v) is 2.99. The van der Waals surface area contributed by atoms with Gasteiger partial charge in [0.1, 0.15) is 10.8 Å². The van der Waals surface area contributed by atoms with Crippen LogP contribution in [0.15, 0.2) is 54.6 Å². The summed E-state index contributed by atoms with van der Waals surface area (Å²) >= 11 is 7.32. The minimum absolute atomic E-state index is 0.142. The summed E-state index contributed by atoms with van der Waals surface area (Å²) < 4.78 is 5.39. The van der Waals surface area contributed by atoms with E-state index < -0.39 is 0 Å². The largest absolute Gasteiger partial charge is 0.482 e. The van der Waals surface area contributed by atoms with Crippen LogP contribution >= 0.6 is 22.9 Å². The SMILES string of the molecule is O=C(COc1ccccc1Cl)Nc1nnc(Cc2ccccc2)s1. The molecular weight excluding hydrogens is 346 g/mol. The minimum atomic E-state index is -0.308. The summed E-state index contributed by atoms with van der Waals surface area (Å²) in [5.74, 6) is 0.161. The lowest BCUT2D eigenvalue weighted by Gasteiger charge is -2.06. The van der Waals surface area contributed by atoms with Crippen LogP contribution in [0.1, 0.15) is 10.6 Å². The maximum absolute atomic E-state index is 11.9. The molecule has 24 heavy (non-hydrogen) atoms. The number of ether oxygens (including phenoxy) is 1. The molecule has 122 valence electrons. The number of nitrogens with one attached hydrogen (secondary N) is 1. The van der Waals surface area contributed by atoms with E-state index in [0.717, 1.165) is 10.6 Å². The number of rotatable bonds is 6. The molecule has 0 aliphatic carbocycles. The second-order valence-electron chi connectivity index (χ2n) is 4.93. The standard InChI is InChI=1S/C17H14ClN3O2S/c18-13-8-4-5-9-14(13)23-11-15(22)19-17-21-20-16(24-17)10-12-6-2-1-3-7-12/h1-9H,10-11H2,(H,19,21,22). The Morgan fingerprint density at radius 2 is 1.83 bits per heavy atom. The monoisotopic (exact) mass is 359 g/mol. The molecule has 0 saturated carbocycles. The predicted octanol–water partition coefficient (Wildman–Crippen LogP) is 3.80. The van der Waals surface area contributed by atoms with Crippen LogP contribution in [-0.2, 0) is 11.2 Å². The zero-order valence-electron chi connectivity index (χ0n) is 12.6. The van der Waals surface area contributed by atoms with Crippen molar-refractivity contribution in [1.82, 2.24) is 10.2 Å². The number of aromatic nitrogens is 2. The zero-order valence-corrected chi connectivity index (χ0v) is 14.2. The van der Waals surface area contributed by atoms with Crippen LogP contribution in [0.3, 0.4) is 0 Å². The van der Waals surface area contributed by atoms with Gasteiger partial charge in [-0.2, -0.15) is 0 Å². The molecule has 0 radical (unpaired) electrons. The molecule has 3 rings (SSSR count). The van der Waals surface area contributed by atoms with Gasteiger partial charge >= 0.3 is 0 Å². The van der Waals surface area contributed by atoms with Crippen molar-refractivity contribution in [3.8, 4) is 5.75 Å².